The Balaban J connectivity index is 1.52. The minimum absolute atomic E-state index is 0.0407. The van der Waals surface area contributed by atoms with Crippen LogP contribution in [0.15, 0.2) is 60.9 Å². The first kappa shape index (κ1) is 19.4. The maximum Gasteiger partial charge on any atom is 0.235 e. The summed E-state index contributed by atoms with van der Waals surface area (Å²) in [6.07, 6.45) is 8.32. The minimum atomic E-state index is -0.660. The highest BCUT2D eigenvalue weighted by molar-refractivity contribution is 5.99. The molecule has 0 atom stereocenters. The molecule has 2 aromatic carbocycles. The molecule has 5 heteroatoms. The van der Waals surface area contributed by atoms with Gasteiger partial charge >= 0.3 is 0 Å². The van der Waals surface area contributed by atoms with Gasteiger partial charge in [0.2, 0.25) is 5.91 Å². The number of carbonyl (C=O) groups excluding carboxylic acids is 1. The Labute approximate surface area is 170 Å². The lowest BCUT2D eigenvalue weighted by molar-refractivity contribution is -0.122. The summed E-state index contributed by atoms with van der Waals surface area (Å²) in [4.78, 5) is 17.6. The van der Waals surface area contributed by atoms with E-state index in [1.54, 1.807) is 12.3 Å². The van der Waals surface area contributed by atoms with Crippen LogP contribution in [0.3, 0.4) is 0 Å². The van der Waals surface area contributed by atoms with Crippen molar-refractivity contribution >= 4 is 11.6 Å². The molecule has 0 aliphatic heterocycles. The number of carbonyl (C=O) groups is 1. The van der Waals surface area contributed by atoms with Gasteiger partial charge in [0.05, 0.1) is 5.41 Å². The average Bonchev–Trinajstić information content (AvgIpc) is 3.14. The number of rotatable bonds is 5. The summed E-state index contributed by atoms with van der Waals surface area (Å²) in [6.45, 7) is 2.72. The average molecular weight is 391 g/mol. The highest BCUT2D eigenvalue weighted by Crippen LogP contribution is 2.40. The van der Waals surface area contributed by atoms with Crippen LogP contribution in [0.5, 0.6) is 0 Å². The van der Waals surface area contributed by atoms with Gasteiger partial charge in [0.15, 0.2) is 0 Å². The topological polar surface area (TPSA) is 46.9 Å². The van der Waals surface area contributed by atoms with Crippen molar-refractivity contribution in [2.45, 2.75) is 51.0 Å². The maximum absolute atomic E-state index is 13.9. The molecule has 1 heterocycles. The number of imidazole rings is 1. The second-order valence-electron chi connectivity index (χ2n) is 7.91. The highest BCUT2D eigenvalue weighted by Gasteiger charge is 2.41. The van der Waals surface area contributed by atoms with Gasteiger partial charge in [0.25, 0.3) is 0 Å². The summed E-state index contributed by atoms with van der Waals surface area (Å²) in [5.74, 6) is 0.636. The number of aryl methyl sites for hydroxylation is 1. The van der Waals surface area contributed by atoms with Crippen LogP contribution in [0.2, 0.25) is 0 Å². The zero-order valence-electron chi connectivity index (χ0n) is 16.7. The molecule has 150 valence electrons. The third-order valence-electron chi connectivity index (χ3n) is 6.01. The van der Waals surface area contributed by atoms with Crippen LogP contribution in [-0.2, 0) is 16.8 Å². The Kier molecular flexibility index (Phi) is 5.47. The Morgan fingerprint density at radius 1 is 1.14 bits per heavy atom. The van der Waals surface area contributed by atoms with Gasteiger partial charge in [-0.2, -0.15) is 0 Å². The standard InChI is InChI=1S/C24H26FN3O/c1-18-26-14-15-28(18)17-19-8-10-22(11-9-19)27-23(29)24(12-3-2-4-13-24)20-6-5-7-21(25)16-20/h5-11,14-16H,2-4,12-13,17H2,1H3,(H,27,29). The first-order valence-corrected chi connectivity index (χ1v) is 10.2. The molecule has 1 aliphatic carbocycles. The van der Waals surface area contributed by atoms with Crippen LogP contribution in [0.4, 0.5) is 10.1 Å². The minimum Gasteiger partial charge on any atom is -0.331 e. The number of hydrogen-bond donors (Lipinski definition) is 1. The number of aromatic nitrogens is 2. The van der Waals surface area contributed by atoms with Gasteiger partial charge in [-0.1, -0.05) is 43.5 Å². The fourth-order valence-corrected chi connectivity index (χ4v) is 4.30. The zero-order valence-corrected chi connectivity index (χ0v) is 16.7. The van der Waals surface area contributed by atoms with E-state index >= 15 is 0 Å². The summed E-state index contributed by atoms with van der Waals surface area (Å²) >= 11 is 0. The fraction of sp³-hybridized carbons (Fsp3) is 0.333. The van der Waals surface area contributed by atoms with Crippen molar-refractivity contribution in [2.75, 3.05) is 5.32 Å². The molecule has 0 spiro atoms. The smallest absolute Gasteiger partial charge is 0.235 e. The van der Waals surface area contributed by atoms with Gasteiger partial charge in [-0.15, -0.1) is 0 Å². The van der Waals surface area contributed by atoms with E-state index < -0.39 is 5.41 Å². The van der Waals surface area contributed by atoms with E-state index in [2.05, 4.69) is 14.9 Å². The number of halogens is 1. The lowest BCUT2D eigenvalue weighted by atomic mass is 9.68. The van der Waals surface area contributed by atoms with E-state index in [1.165, 1.54) is 12.1 Å². The third kappa shape index (κ3) is 4.09. The summed E-state index contributed by atoms with van der Waals surface area (Å²) in [5, 5.41) is 3.09. The van der Waals surface area contributed by atoms with Crippen molar-refractivity contribution in [1.82, 2.24) is 9.55 Å². The van der Waals surface area contributed by atoms with Crippen molar-refractivity contribution in [3.63, 3.8) is 0 Å². The van der Waals surface area contributed by atoms with Crippen molar-refractivity contribution in [1.29, 1.82) is 0 Å². The Morgan fingerprint density at radius 3 is 2.55 bits per heavy atom. The van der Waals surface area contributed by atoms with Crippen LogP contribution in [0.1, 0.15) is 49.1 Å². The van der Waals surface area contributed by atoms with E-state index in [0.717, 1.165) is 61.3 Å². The Morgan fingerprint density at radius 2 is 1.90 bits per heavy atom. The van der Waals surface area contributed by atoms with E-state index in [9.17, 15) is 9.18 Å². The molecular formula is C24H26FN3O. The molecule has 0 unspecified atom stereocenters. The number of benzene rings is 2. The molecule has 1 fully saturated rings. The molecule has 1 aliphatic rings. The molecule has 29 heavy (non-hydrogen) atoms. The second kappa shape index (κ2) is 8.19. The van der Waals surface area contributed by atoms with E-state index in [4.69, 9.17) is 0 Å². The van der Waals surface area contributed by atoms with E-state index in [1.807, 2.05) is 43.5 Å². The molecule has 1 saturated carbocycles. The molecule has 0 radical (unpaired) electrons. The molecule has 1 aromatic heterocycles. The van der Waals surface area contributed by atoms with Crippen molar-refractivity contribution < 1.29 is 9.18 Å². The molecule has 4 nitrogen and oxygen atoms in total. The summed E-state index contributed by atoms with van der Waals surface area (Å²) < 4.78 is 16.0. The van der Waals surface area contributed by atoms with E-state index in [0.29, 0.717) is 0 Å². The van der Waals surface area contributed by atoms with Crippen molar-refractivity contribution in [3.05, 3.63) is 83.7 Å². The first-order chi connectivity index (χ1) is 14.1. The van der Waals surface area contributed by atoms with Gasteiger partial charge in [0.1, 0.15) is 11.6 Å². The van der Waals surface area contributed by atoms with Crippen molar-refractivity contribution in [2.24, 2.45) is 0 Å². The molecule has 1 N–H and O–H groups in total. The van der Waals surface area contributed by atoms with E-state index in [-0.39, 0.29) is 11.7 Å². The maximum atomic E-state index is 13.9. The number of amides is 1. The zero-order chi connectivity index (χ0) is 20.3. The molecule has 1 amide bonds. The number of nitrogens with one attached hydrogen (secondary N) is 1. The summed E-state index contributed by atoms with van der Waals surface area (Å²) in [5.41, 5.74) is 2.03. The fourth-order valence-electron chi connectivity index (χ4n) is 4.30. The second-order valence-corrected chi connectivity index (χ2v) is 7.91. The lowest BCUT2D eigenvalue weighted by Crippen LogP contribution is -2.42. The number of anilines is 1. The van der Waals surface area contributed by atoms with Gasteiger partial charge in [-0.05, 0) is 55.2 Å². The van der Waals surface area contributed by atoms with Crippen LogP contribution in [0.25, 0.3) is 0 Å². The normalized spacial score (nSPS) is 15.8. The largest absolute Gasteiger partial charge is 0.331 e. The van der Waals surface area contributed by atoms with Crippen molar-refractivity contribution in [3.8, 4) is 0 Å². The predicted molar refractivity (Wildman–Crippen MR) is 112 cm³/mol. The van der Waals surface area contributed by atoms with Crippen LogP contribution in [0, 0.1) is 12.7 Å². The van der Waals surface area contributed by atoms with Gasteiger partial charge in [0, 0.05) is 24.6 Å². The SMILES string of the molecule is Cc1nccn1Cc1ccc(NC(=O)C2(c3cccc(F)c3)CCCCC2)cc1. The Hall–Kier alpha value is -2.95. The quantitative estimate of drug-likeness (QED) is 0.648. The summed E-state index contributed by atoms with van der Waals surface area (Å²) in [6, 6.07) is 14.4. The third-order valence-corrected chi connectivity index (χ3v) is 6.01. The molecule has 0 saturated heterocycles. The van der Waals surface area contributed by atoms with Crippen LogP contribution < -0.4 is 5.32 Å². The molecular weight excluding hydrogens is 365 g/mol. The Bertz CT molecular complexity index is 987. The molecule has 0 bridgehead atoms. The lowest BCUT2D eigenvalue weighted by Gasteiger charge is -2.36. The van der Waals surface area contributed by atoms with Gasteiger partial charge in [-0.3, -0.25) is 4.79 Å². The van der Waals surface area contributed by atoms with Crippen LogP contribution in [-0.4, -0.2) is 15.5 Å². The first-order valence-electron chi connectivity index (χ1n) is 10.2. The number of hydrogen-bond acceptors (Lipinski definition) is 2. The number of nitrogens with zero attached hydrogens (tertiary/aromatic N) is 2. The highest BCUT2D eigenvalue weighted by atomic mass is 19.1. The summed E-state index contributed by atoms with van der Waals surface area (Å²) in [7, 11) is 0. The molecule has 3 aromatic rings. The molecule has 4 rings (SSSR count). The van der Waals surface area contributed by atoms with Crippen LogP contribution >= 0.6 is 0 Å². The van der Waals surface area contributed by atoms with Gasteiger partial charge in [-0.25, -0.2) is 9.37 Å². The van der Waals surface area contributed by atoms with Gasteiger partial charge < -0.3 is 9.88 Å². The monoisotopic (exact) mass is 391 g/mol. The predicted octanol–water partition coefficient (Wildman–Crippen LogP) is 5.22.